The van der Waals surface area contributed by atoms with Crippen LogP contribution in [0.25, 0.3) is 72.3 Å². The molecule has 0 saturated heterocycles. The van der Waals surface area contributed by atoms with E-state index in [4.69, 9.17) is 23.4 Å². The molecule has 4 heterocycles. The Morgan fingerprint density at radius 1 is 0.456 bits per heavy atom. The van der Waals surface area contributed by atoms with Crippen LogP contribution in [0.3, 0.4) is 0 Å². The van der Waals surface area contributed by atoms with Gasteiger partial charge in [0.15, 0.2) is 8.07 Å². The Labute approximate surface area is 473 Å². The van der Waals surface area contributed by atoms with Crippen LogP contribution in [0.1, 0.15) is 13.7 Å². The maximum Gasteiger partial charge on any atom is 0.269 e. The monoisotopic (exact) mass is 1040 g/mol. The summed E-state index contributed by atoms with van der Waals surface area (Å²) in [4.78, 5) is 7.50. The molecule has 0 amide bonds. The van der Waals surface area contributed by atoms with Gasteiger partial charge in [0.1, 0.15) is 17.3 Å². The van der Waals surface area contributed by atoms with E-state index < -0.39 is 68.5 Å². The smallest absolute Gasteiger partial charge is 0.269 e. The van der Waals surface area contributed by atoms with Gasteiger partial charge in [-0.25, -0.2) is 4.98 Å². The maximum atomic E-state index is 9.11. The number of anilines is 3. The SMILES string of the molecule is [2H]c1c([2H])c([2H])c(-c2cccc(-c3c([2H])c([2H])c([2H])c([2H])c3[2H])c2-[n+]2[c-]n(-c3cccc(Oc4ccc5c6ccccc6n(-c6cc(N7c8ccccc8[Si](c8ccccc8)(c8ccccc8)c8ccccc87)ccn6)c5c4)c3)c3ccccc32)c([2H])c1[2H]. The molecule has 1 aliphatic rings. The normalized spacial score (nSPS) is 14.4. The topological polar surface area (TPSA) is 39.1 Å². The molecule has 372 valence electrons. The highest BCUT2D eigenvalue weighted by Crippen LogP contribution is 2.41. The van der Waals surface area contributed by atoms with E-state index in [1.807, 2.05) is 79.0 Å². The number of nitrogens with zero attached hydrogens (tertiary/aromatic N) is 5. The lowest BCUT2D eigenvalue weighted by Gasteiger charge is -2.45. The Bertz CT molecular complexity index is 5000. The van der Waals surface area contributed by atoms with Gasteiger partial charge >= 0.3 is 0 Å². The molecule has 0 unspecified atom stereocenters. The Morgan fingerprint density at radius 3 is 1.71 bits per heavy atom. The van der Waals surface area contributed by atoms with Gasteiger partial charge in [0.25, 0.3) is 6.33 Å². The van der Waals surface area contributed by atoms with Gasteiger partial charge in [-0.15, -0.1) is 0 Å². The number of pyridine rings is 1. The summed E-state index contributed by atoms with van der Waals surface area (Å²) < 4.78 is 100. The summed E-state index contributed by atoms with van der Waals surface area (Å²) in [5, 5.41) is 7.25. The molecule has 1 aliphatic heterocycles. The van der Waals surface area contributed by atoms with Crippen molar-refractivity contribution in [3.63, 3.8) is 0 Å². The van der Waals surface area contributed by atoms with Crippen LogP contribution < -0.4 is 35.0 Å². The minimum Gasteiger partial charge on any atom is -0.458 e. The third kappa shape index (κ3) is 7.54. The molecule has 14 aromatic rings. The van der Waals surface area contributed by atoms with Crippen LogP contribution >= 0.6 is 0 Å². The van der Waals surface area contributed by atoms with Crippen molar-refractivity contribution in [2.45, 2.75) is 0 Å². The molecule has 79 heavy (non-hydrogen) atoms. The molecular formula is C72H49N5OSi. The number of aromatic nitrogens is 4. The maximum absolute atomic E-state index is 9.11. The van der Waals surface area contributed by atoms with Crippen LogP contribution in [0.4, 0.5) is 17.1 Å². The fraction of sp³-hybridized carbons (Fsp3) is 0. The molecule has 11 aromatic carbocycles. The highest BCUT2D eigenvalue weighted by atomic mass is 28.3. The van der Waals surface area contributed by atoms with E-state index in [1.165, 1.54) is 20.7 Å². The number of ether oxygens (including phenoxy) is 1. The Morgan fingerprint density at radius 2 is 1.03 bits per heavy atom. The fourth-order valence-electron chi connectivity index (χ4n) is 11.8. The second-order valence-corrected chi connectivity index (χ2v) is 23.0. The molecule has 0 spiro atoms. The molecule has 15 rings (SSSR count). The van der Waals surface area contributed by atoms with Crippen LogP contribution in [-0.4, -0.2) is 22.2 Å². The largest absolute Gasteiger partial charge is 0.458 e. The van der Waals surface area contributed by atoms with Gasteiger partial charge in [0.05, 0.1) is 52.8 Å². The predicted octanol–water partition coefficient (Wildman–Crippen LogP) is 14.5. The Kier molecular flexibility index (Phi) is 8.82. The summed E-state index contributed by atoms with van der Waals surface area (Å²) in [5.74, 6) is 1.77. The van der Waals surface area contributed by atoms with Crippen molar-refractivity contribution in [1.82, 2.24) is 14.1 Å². The minimum atomic E-state index is -2.86. The van der Waals surface area contributed by atoms with Crippen molar-refractivity contribution in [1.29, 1.82) is 0 Å². The van der Waals surface area contributed by atoms with Crippen molar-refractivity contribution in [2.24, 2.45) is 0 Å². The quantitative estimate of drug-likeness (QED) is 0.0778. The van der Waals surface area contributed by atoms with E-state index in [2.05, 4.69) is 155 Å². The van der Waals surface area contributed by atoms with Crippen LogP contribution in [0.2, 0.25) is 0 Å². The molecule has 0 N–H and O–H groups in total. The number of fused-ring (bicyclic) bond motifs is 6. The van der Waals surface area contributed by atoms with Crippen molar-refractivity contribution >= 4 is 78.7 Å². The third-order valence-corrected chi connectivity index (χ3v) is 19.9. The number of benzene rings is 11. The number of para-hydroxylation sites is 6. The van der Waals surface area contributed by atoms with Gasteiger partial charge < -0.3 is 9.64 Å². The summed E-state index contributed by atoms with van der Waals surface area (Å²) in [6, 6.07) is 72.6. The average molecular weight is 1040 g/mol. The van der Waals surface area contributed by atoms with Crippen LogP contribution in [0.5, 0.6) is 11.5 Å². The van der Waals surface area contributed by atoms with Crippen LogP contribution in [0.15, 0.2) is 297 Å². The van der Waals surface area contributed by atoms with Gasteiger partial charge in [0.2, 0.25) is 0 Å². The first-order valence-corrected chi connectivity index (χ1v) is 28.0. The molecule has 3 aromatic heterocycles. The van der Waals surface area contributed by atoms with Crippen LogP contribution in [-0.2, 0) is 0 Å². The second-order valence-electron chi connectivity index (χ2n) is 19.3. The van der Waals surface area contributed by atoms with Gasteiger partial charge in [-0.3, -0.25) is 13.7 Å². The molecule has 0 atom stereocenters. The molecule has 0 aliphatic carbocycles. The summed E-state index contributed by atoms with van der Waals surface area (Å²) in [7, 11) is -2.86. The minimum absolute atomic E-state index is 0.137. The zero-order chi connectivity index (χ0) is 61.0. The van der Waals surface area contributed by atoms with Crippen molar-refractivity contribution in [3.8, 4) is 50.9 Å². The molecule has 0 saturated carbocycles. The lowest BCUT2D eigenvalue weighted by atomic mass is 9.95. The Hall–Kier alpha value is -10.3. The third-order valence-electron chi connectivity index (χ3n) is 15.0. The molecule has 0 bridgehead atoms. The summed E-state index contributed by atoms with van der Waals surface area (Å²) in [6.07, 6.45) is 5.36. The van der Waals surface area contributed by atoms with Crippen molar-refractivity contribution in [2.75, 3.05) is 4.90 Å². The average Bonchev–Trinajstić information content (AvgIpc) is 1.36. The summed E-state index contributed by atoms with van der Waals surface area (Å²) in [5.41, 5.74) is 7.03. The van der Waals surface area contributed by atoms with Gasteiger partial charge in [-0.2, -0.15) is 0 Å². The van der Waals surface area contributed by atoms with E-state index >= 15 is 0 Å². The number of hydrogen-bond acceptors (Lipinski definition) is 3. The molecular weight excluding hydrogens is 979 g/mol. The zero-order valence-electron chi connectivity index (χ0n) is 52.2. The number of imidazole rings is 1. The molecule has 0 fully saturated rings. The van der Waals surface area contributed by atoms with E-state index in [0.29, 0.717) is 34.0 Å². The lowest BCUT2D eigenvalue weighted by molar-refractivity contribution is -0.571. The lowest BCUT2D eigenvalue weighted by Crippen LogP contribution is -2.77. The van der Waals surface area contributed by atoms with E-state index in [9.17, 15) is 0 Å². The van der Waals surface area contributed by atoms with Gasteiger partial charge in [0, 0.05) is 40.5 Å². The highest BCUT2D eigenvalue weighted by Gasteiger charge is 2.48. The first kappa shape index (κ1) is 36.6. The highest BCUT2D eigenvalue weighted by molar-refractivity contribution is 7.21. The van der Waals surface area contributed by atoms with E-state index in [0.717, 1.165) is 38.9 Å². The van der Waals surface area contributed by atoms with Crippen LogP contribution in [0, 0.1) is 6.33 Å². The Balaban J connectivity index is 0.847. The first-order valence-electron chi connectivity index (χ1n) is 31.0. The number of hydrogen-bond donors (Lipinski definition) is 0. The van der Waals surface area contributed by atoms with Crippen molar-refractivity contribution in [3.05, 3.63) is 303 Å². The van der Waals surface area contributed by atoms with E-state index in [-0.39, 0.29) is 27.9 Å². The summed E-state index contributed by atoms with van der Waals surface area (Å²) >= 11 is 0. The summed E-state index contributed by atoms with van der Waals surface area (Å²) in [6.45, 7) is 0. The predicted molar refractivity (Wildman–Crippen MR) is 325 cm³/mol. The van der Waals surface area contributed by atoms with Crippen molar-refractivity contribution < 1.29 is 23.0 Å². The second kappa shape index (κ2) is 19.0. The fourth-order valence-corrected chi connectivity index (χ4v) is 16.9. The van der Waals surface area contributed by atoms with E-state index in [1.54, 1.807) is 27.3 Å². The number of rotatable bonds is 10. The zero-order valence-corrected chi connectivity index (χ0v) is 43.2. The molecule has 7 heteroatoms. The standard InChI is InChI=1S/C72H49N5OSi/c1-5-23-51(24-6-1)59-34-22-35-60(52-25-7-2-8-26-52)72(59)75-50-74(64-37-15-16-38-65(64)75)53-27-21-28-55(47-53)78-56-43-44-62-61-33-13-14-36-63(61)77(68(62)49-56)71-48-54(45-46-73-71)76-66-39-17-19-41-69(66)79(57-29-9-3-10-30-57,58-31-11-4-12-32-58)70-42-20-18-40-67(70)76/h1-49H/i1D,2D,5D,6D,7D,8D,23D,24D,25D,26D. The molecule has 0 radical (unpaired) electrons. The molecule has 6 nitrogen and oxygen atoms in total. The van der Waals surface area contributed by atoms with Gasteiger partial charge in [-0.05, 0) is 97.6 Å². The first-order chi connectivity index (χ1) is 43.3. The van der Waals surface area contributed by atoms with Gasteiger partial charge in [-0.1, -0.05) is 224 Å².